The second-order valence-corrected chi connectivity index (χ2v) is 10.2. The molecule has 0 unspecified atom stereocenters. The van der Waals surface area contributed by atoms with Crippen LogP contribution in [0.4, 0.5) is 31.5 Å². The molecule has 1 fully saturated rings. The molecule has 1 aliphatic rings. The Labute approximate surface area is 190 Å². The monoisotopic (exact) mass is 523 g/mol. The molecule has 0 spiro atoms. The average Bonchev–Trinajstić information content (AvgIpc) is 3.54. The maximum Gasteiger partial charge on any atom is 0.293 e. The first-order valence-electron chi connectivity index (χ1n) is 9.45. The van der Waals surface area contributed by atoms with Crippen molar-refractivity contribution >= 4 is 48.7 Å². The number of sulfonamides is 1. The van der Waals surface area contributed by atoms with Crippen molar-refractivity contribution < 1.29 is 22.1 Å². The Balaban J connectivity index is 1.79. The smallest absolute Gasteiger partial charge is 0.293 e. The molecule has 11 heteroatoms. The highest BCUT2D eigenvalue weighted by Crippen LogP contribution is 2.36. The minimum Gasteiger partial charge on any atom is -0.350 e. The summed E-state index contributed by atoms with van der Waals surface area (Å²) in [7, 11) is -3.62. The number of hydrogen-bond donors (Lipinski definition) is 2. The minimum atomic E-state index is -3.62. The van der Waals surface area contributed by atoms with E-state index in [-0.39, 0.29) is 33.9 Å². The second kappa shape index (κ2) is 8.47. The molecule has 0 saturated heterocycles. The van der Waals surface area contributed by atoms with Crippen LogP contribution >= 0.6 is 15.9 Å². The lowest BCUT2D eigenvalue weighted by Crippen LogP contribution is -2.17. The van der Waals surface area contributed by atoms with Gasteiger partial charge in [-0.1, -0.05) is 15.9 Å². The van der Waals surface area contributed by atoms with Gasteiger partial charge in [-0.15, -0.1) is 0 Å². The summed E-state index contributed by atoms with van der Waals surface area (Å²) >= 11 is 3.19. The summed E-state index contributed by atoms with van der Waals surface area (Å²) in [6.07, 6.45) is 1.11. The summed E-state index contributed by atoms with van der Waals surface area (Å²) in [5.41, 5.74) is 0.697. The number of nitrogens with zero attached hydrogens (tertiary/aromatic N) is 1. The molecule has 166 valence electrons. The van der Waals surface area contributed by atoms with Gasteiger partial charge in [0.1, 0.15) is 17.3 Å². The molecule has 3 aromatic carbocycles. The lowest BCUT2D eigenvalue weighted by Gasteiger charge is -2.14. The third kappa shape index (κ3) is 4.89. The van der Waals surface area contributed by atoms with E-state index in [0.717, 1.165) is 12.1 Å². The normalized spacial score (nSPS) is 13.6. The molecule has 3 aromatic rings. The van der Waals surface area contributed by atoms with E-state index in [4.69, 9.17) is 0 Å². The van der Waals surface area contributed by atoms with Gasteiger partial charge in [0.25, 0.3) is 5.69 Å². The van der Waals surface area contributed by atoms with E-state index in [2.05, 4.69) is 26.0 Å². The SMILES string of the molecule is O=[N+]([O-])c1cc(Br)ccc1Nc1cc(NS(=O)(=O)C2CC2)cc(-c2ccc(F)cc2F)c1. The number of benzene rings is 3. The first-order chi connectivity index (χ1) is 15.1. The summed E-state index contributed by atoms with van der Waals surface area (Å²) in [4.78, 5) is 10.9. The molecule has 0 aliphatic heterocycles. The fraction of sp³-hybridized carbons (Fsp3) is 0.143. The summed E-state index contributed by atoms with van der Waals surface area (Å²) in [5, 5.41) is 13.8. The van der Waals surface area contributed by atoms with Gasteiger partial charge in [0.05, 0.1) is 15.9 Å². The van der Waals surface area contributed by atoms with Crippen LogP contribution < -0.4 is 10.0 Å². The van der Waals surface area contributed by atoms with E-state index in [1.807, 2.05) is 0 Å². The third-order valence-electron chi connectivity index (χ3n) is 4.83. The highest BCUT2D eigenvalue weighted by atomic mass is 79.9. The molecule has 0 heterocycles. The Bertz CT molecular complexity index is 1330. The summed E-state index contributed by atoms with van der Waals surface area (Å²) < 4.78 is 55.6. The maximum absolute atomic E-state index is 14.4. The standard InChI is InChI=1S/C21H16BrF2N3O4S/c22-13-1-6-20(21(9-13)27(28)29)25-15-7-12(18-5-2-14(23)10-19(18)24)8-16(11-15)26-32(30,31)17-3-4-17/h1-2,5-11,17,25-26H,3-4H2. The molecule has 0 bridgehead atoms. The predicted octanol–water partition coefficient (Wildman–Crippen LogP) is 5.95. The van der Waals surface area contributed by atoms with Gasteiger partial charge >= 0.3 is 0 Å². The van der Waals surface area contributed by atoms with Crippen molar-refractivity contribution in [3.8, 4) is 11.1 Å². The van der Waals surface area contributed by atoms with Crippen LogP contribution in [0.15, 0.2) is 59.1 Å². The number of anilines is 3. The zero-order valence-corrected chi connectivity index (χ0v) is 18.7. The van der Waals surface area contributed by atoms with Crippen LogP contribution in [0.25, 0.3) is 11.1 Å². The summed E-state index contributed by atoms with van der Waals surface area (Å²) in [6, 6.07) is 11.9. The summed E-state index contributed by atoms with van der Waals surface area (Å²) in [6.45, 7) is 0. The van der Waals surface area contributed by atoms with Crippen molar-refractivity contribution in [1.82, 2.24) is 0 Å². The van der Waals surface area contributed by atoms with E-state index in [0.29, 0.717) is 17.3 Å². The zero-order chi connectivity index (χ0) is 23.0. The van der Waals surface area contributed by atoms with Gasteiger partial charge in [-0.2, -0.15) is 0 Å². The van der Waals surface area contributed by atoms with Crippen LogP contribution in [-0.2, 0) is 10.0 Å². The lowest BCUT2D eigenvalue weighted by molar-refractivity contribution is -0.384. The molecule has 2 N–H and O–H groups in total. The van der Waals surface area contributed by atoms with E-state index in [1.54, 1.807) is 6.07 Å². The molecule has 0 aromatic heterocycles. The van der Waals surface area contributed by atoms with Gasteiger partial charge in [0.15, 0.2) is 0 Å². The fourth-order valence-electron chi connectivity index (χ4n) is 3.18. The van der Waals surface area contributed by atoms with Gasteiger partial charge in [-0.05, 0) is 60.9 Å². The Morgan fingerprint density at radius 1 is 1.00 bits per heavy atom. The highest BCUT2D eigenvalue weighted by Gasteiger charge is 2.35. The first kappa shape index (κ1) is 22.2. The van der Waals surface area contributed by atoms with Crippen molar-refractivity contribution in [2.24, 2.45) is 0 Å². The van der Waals surface area contributed by atoms with Gasteiger partial charge in [0, 0.05) is 27.9 Å². The molecule has 0 atom stereocenters. The number of rotatable bonds is 7. The Hall–Kier alpha value is -3.05. The first-order valence-corrected chi connectivity index (χ1v) is 11.8. The summed E-state index contributed by atoms with van der Waals surface area (Å²) in [5.74, 6) is -1.58. The van der Waals surface area contributed by atoms with Crippen LogP contribution in [0.1, 0.15) is 12.8 Å². The average molecular weight is 524 g/mol. The number of nitro benzene ring substituents is 1. The van der Waals surface area contributed by atoms with Crippen molar-refractivity contribution in [1.29, 1.82) is 0 Å². The number of hydrogen-bond acceptors (Lipinski definition) is 5. The third-order valence-corrected chi connectivity index (χ3v) is 7.20. The number of halogens is 3. The molecule has 0 radical (unpaired) electrons. The quantitative estimate of drug-likeness (QED) is 0.294. The molecule has 4 rings (SSSR count). The van der Waals surface area contributed by atoms with Crippen LogP contribution in [0, 0.1) is 21.7 Å². The van der Waals surface area contributed by atoms with Crippen LogP contribution in [-0.4, -0.2) is 18.6 Å². The molecule has 32 heavy (non-hydrogen) atoms. The van der Waals surface area contributed by atoms with E-state index in [9.17, 15) is 27.3 Å². The maximum atomic E-state index is 14.4. The van der Waals surface area contributed by atoms with Crippen LogP contribution in [0.5, 0.6) is 0 Å². The Kier molecular flexibility index (Phi) is 5.87. The molecule has 0 amide bonds. The lowest BCUT2D eigenvalue weighted by atomic mass is 10.0. The highest BCUT2D eigenvalue weighted by molar-refractivity contribution is 9.10. The van der Waals surface area contributed by atoms with Crippen molar-refractivity contribution in [2.75, 3.05) is 10.0 Å². The minimum absolute atomic E-state index is 0.0484. The van der Waals surface area contributed by atoms with Crippen LogP contribution in [0.2, 0.25) is 0 Å². The van der Waals surface area contributed by atoms with Gasteiger partial charge < -0.3 is 5.32 Å². The molecular formula is C21H16BrF2N3O4S. The van der Waals surface area contributed by atoms with Gasteiger partial charge in [-0.3, -0.25) is 14.8 Å². The van der Waals surface area contributed by atoms with E-state index >= 15 is 0 Å². The van der Waals surface area contributed by atoms with Crippen molar-refractivity contribution in [2.45, 2.75) is 18.1 Å². The largest absolute Gasteiger partial charge is 0.350 e. The molecule has 7 nitrogen and oxygen atoms in total. The van der Waals surface area contributed by atoms with Gasteiger partial charge in [0.2, 0.25) is 10.0 Å². The topological polar surface area (TPSA) is 101 Å². The zero-order valence-electron chi connectivity index (χ0n) is 16.3. The second-order valence-electron chi connectivity index (χ2n) is 7.31. The van der Waals surface area contributed by atoms with Crippen molar-refractivity contribution in [3.63, 3.8) is 0 Å². The fourth-order valence-corrected chi connectivity index (χ4v) is 4.90. The van der Waals surface area contributed by atoms with E-state index in [1.165, 1.54) is 36.4 Å². The number of nitrogens with one attached hydrogen (secondary N) is 2. The van der Waals surface area contributed by atoms with Crippen molar-refractivity contribution in [3.05, 3.63) is 80.8 Å². The number of nitro groups is 1. The van der Waals surface area contributed by atoms with E-state index < -0.39 is 31.8 Å². The predicted molar refractivity (Wildman–Crippen MR) is 121 cm³/mol. The Morgan fingerprint density at radius 2 is 1.72 bits per heavy atom. The molecule has 1 aliphatic carbocycles. The molecule has 1 saturated carbocycles. The van der Waals surface area contributed by atoms with Gasteiger partial charge in [-0.25, -0.2) is 17.2 Å². The molecular weight excluding hydrogens is 508 g/mol. The Morgan fingerprint density at radius 3 is 2.38 bits per heavy atom. The van der Waals surface area contributed by atoms with Crippen LogP contribution in [0.3, 0.4) is 0 Å².